The minimum Gasteiger partial charge on any atom is -0.464 e. The molecular weight excluding hydrogens is 260 g/mol. The van der Waals surface area contributed by atoms with Gasteiger partial charge in [-0.25, -0.2) is 18.6 Å². The average Bonchev–Trinajstić information content (AvgIpc) is 2.70. The van der Waals surface area contributed by atoms with Crippen LogP contribution in [0.3, 0.4) is 0 Å². The van der Waals surface area contributed by atoms with Gasteiger partial charge in [-0.3, -0.25) is 0 Å². The van der Waals surface area contributed by atoms with Gasteiger partial charge >= 0.3 is 5.97 Å². The van der Waals surface area contributed by atoms with Crippen LogP contribution in [0.4, 0.5) is 8.78 Å². The smallest absolute Gasteiger partial charge is 0.357 e. The molecule has 2 aromatic rings. The van der Waals surface area contributed by atoms with Gasteiger partial charge in [-0.2, -0.15) is 0 Å². The summed E-state index contributed by atoms with van der Waals surface area (Å²) in [5.74, 6) is -2.04. The molecule has 6 heteroatoms. The lowest BCUT2D eigenvalue weighted by atomic mass is 10.2. The number of esters is 1. The Morgan fingerprint density at radius 2 is 1.94 bits per heavy atom. The van der Waals surface area contributed by atoms with Gasteiger partial charge in [0.1, 0.15) is 16.6 Å². The summed E-state index contributed by atoms with van der Waals surface area (Å²) < 4.78 is 31.7. The van der Waals surface area contributed by atoms with Crippen LogP contribution in [0.25, 0.3) is 10.6 Å². The Bertz CT molecular complexity index is 590. The van der Waals surface area contributed by atoms with E-state index in [1.807, 2.05) is 0 Å². The van der Waals surface area contributed by atoms with Crippen LogP contribution in [0, 0.1) is 18.6 Å². The van der Waals surface area contributed by atoms with Gasteiger partial charge in [0.25, 0.3) is 0 Å². The fourth-order valence-electron chi connectivity index (χ4n) is 1.49. The Kier molecular flexibility index (Phi) is 3.38. The molecule has 1 aromatic carbocycles. The number of halogens is 2. The van der Waals surface area contributed by atoms with E-state index in [0.717, 1.165) is 23.5 Å². The zero-order chi connectivity index (χ0) is 13.3. The lowest BCUT2D eigenvalue weighted by Crippen LogP contribution is -2.03. The maximum atomic E-state index is 13.6. The molecule has 0 fully saturated rings. The van der Waals surface area contributed by atoms with Crippen LogP contribution in [0.1, 0.15) is 15.4 Å². The molecular formula is C12H9F2NO2S. The molecule has 94 valence electrons. The van der Waals surface area contributed by atoms with Crippen LogP contribution in [-0.4, -0.2) is 18.1 Å². The summed E-state index contributed by atoms with van der Waals surface area (Å²) in [5.41, 5.74) is -0.138. The highest BCUT2D eigenvalue weighted by Gasteiger charge is 2.20. The van der Waals surface area contributed by atoms with E-state index in [0.29, 0.717) is 4.88 Å². The zero-order valence-electron chi connectivity index (χ0n) is 9.66. The first kappa shape index (κ1) is 12.6. The monoisotopic (exact) mass is 269 g/mol. The highest BCUT2D eigenvalue weighted by atomic mass is 32.1. The lowest BCUT2D eigenvalue weighted by molar-refractivity contribution is 0.0594. The molecule has 3 nitrogen and oxygen atoms in total. The van der Waals surface area contributed by atoms with E-state index in [1.165, 1.54) is 13.2 Å². The van der Waals surface area contributed by atoms with Gasteiger partial charge < -0.3 is 4.74 Å². The topological polar surface area (TPSA) is 39.2 Å². The van der Waals surface area contributed by atoms with Gasteiger partial charge in [-0.05, 0) is 19.1 Å². The number of ether oxygens (including phenoxy) is 1. The van der Waals surface area contributed by atoms with E-state index >= 15 is 0 Å². The van der Waals surface area contributed by atoms with Crippen molar-refractivity contribution < 1.29 is 18.3 Å². The molecule has 0 atom stereocenters. The number of hydrogen-bond donors (Lipinski definition) is 0. The second-order valence-electron chi connectivity index (χ2n) is 3.51. The number of methoxy groups -OCH3 is 1. The third kappa shape index (κ3) is 2.11. The Balaban J connectivity index is 2.56. The van der Waals surface area contributed by atoms with Crippen molar-refractivity contribution in [1.82, 2.24) is 4.98 Å². The molecule has 0 N–H and O–H groups in total. The first-order chi connectivity index (χ1) is 8.54. The number of aryl methyl sites for hydroxylation is 1. The van der Waals surface area contributed by atoms with E-state index in [-0.39, 0.29) is 16.3 Å². The summed E-state index contributed by atoms with van der Waals surface area (Å²) in [4.78, 5) is 15.9. The minimum absolute atomic E-state index is 0.0835. The molecule has 18 heavy (non-hydrogen) atoms. The summed E-state index contributed by atoms with van der Waals surface area (Å²) in [5, 5.41) is 0.128. The summed E-state index contributed by atoms with van der Waals surface area (Å²) in [6.07, 6.45) is 0. The Hall–Kier alpha value is -1.82. The number of carbonyl (C=O) groups excluding carboxylic acids is 1. The fraction of sp³-hybridized carbons (Fsp3) is 0.167. The number of carbonyl (C=O) groups is 1. The maximum absolute atomic E-state index is 13.6. The third-order valence-electron chi connectivity index (χ3n) is 2.35. The number of rotatable bonds is 2. The van der Waals surface area contributed by atoms with E-state index in [9.17, 15) is 13.6 Å². The molecule has 1 aromatic heterocycles. The van der Waals surface area contributed by atoms with E-state index in [4.69, 9.17) is 0 Å². The summed E-state index contributed by atoms with van der Waals surface area (Å²) in [6.45, 7) is 1.65. The van der Waals surface area contributed by atoms with Crippen molar-refractivity contribution in [3.63, 3.8) is 0 Å². The number of benzene rings is 1. The first-order valence-corrected chi connectivity index (χ1v) is 5.86. The van der Waals surface area contributed by atoms with Crippen molar-refractivity contribution in [2.75, 3.05) is 7.11 Å². The van der Waals surface area contributed by atoms with Crippen LogP contribution in [0.5, 0.6) is 0 Å². The minimum atomic E-state index is -0.708. The van der Waals surface area contributed by atoms with Crippen molar-refractivity contribution in [3.05, 3.63) is 40.4 Å². The zero-order valence-corrected chi connectivity index (χ0v) is 10.5. The largest absolute Gasteiger partial charge is 0.464 e. The quantitative estimate of drug-likeness (QED) is 0.786. The molecule has 0 saturated carbocycles. The van der Waals surface area contributed by atoms with Gasteiger partial charge in [-0.1, -0.05) is 6.07 Å². The molecule has 1 heterocycles. The van der Waals surface area contributed by atoms with Gasteiger partial charge in [0.05, 0.1) is 12.7 Å². The van der Waals surface area contributed by atoms with Gasteiger partial charge in [0, 0.05) is 4.88 Å². The van der Waals surface area contributed by atoms with Gasteiger partial charge in [0.15, 0.2) is 5.69 Å². The molecule has 0 amide bonds. The van der Waals surface area contributed by atoms with Gasteiger partial charge in [-0.15, -0.1) is 11.3 Å². The van der Waals surface area contributed by atoms with Crippen LogP contribution < -0.4 is 0 Å². The lowest BCUT2D eigenvalue weighted by Gasteiger charge is -1.99. The van der Waals surface area contributed by atoms with Crippen molar-refractivity contribution >= 4 is 17.3 Å². The predicted octanol–water partition coefficient (Wildman–Crippen LogP) is 3.18. The highest BCUT2D eigenvalue weighted by Crippen LogP contribution is 2.31. The van der Waals surface area contributed by atoms with Crippen molar-refractivity contribution in [2.24, 2.45) is 0 Å². The van der Waals surface area contributed by atoms with Crippen LogP contribution in [-0.2, 0) is 4.74 Å². The molecule has 0 unspecified atom stereocenters. The van der Waals surface area contributed by atoms with Gasteiger partial charge in [0.2, 0.25) is 0 Å². The Labute approximate surface area is 106 Å². The highest BCUT2D eigenvalue weighted by molar-refractivity contribution is 7.15. The fourth-order valence-corrected chi connectivity index (χ4v) is 2.44. The van der Waals surface area contributed by atoms with E-state index in [2.05, 4.69) is 9.72 Å². The molecule has 0 saturated heterocycles. The average molecular weight is 269 g/mol. The van der Waals surface area contributed by atoms with E-state index < -0.39 is 17.6 Å². The second-order valence-corrected chi connectivity index (χ2v) is 4.72. The molecule has 2 rings (SSSR count). The van der Waals surface area contributed by atoms with Crippen LogP contribution in [0.15, 0.2) is 18.2 Å². The number of hydrogen-bond acceptors (Lipinski definition) is 4. The van der Waals surface area contributed by atoms with Crippen LogP contribution >= 0.6 is 11.3 Å². The molecule has 0 aliphatic heterocycles. The third-order valence-corrected chi connectivity index (χ3v) is 3.34. The second kappa shape index (κ2) is 4.81. The standard InChI is InChI=1S/C12H9F2NO2S/c1-6-10(12(16)17-2)15-11(18-6)9-7(13)4-3-5-8(9)14/h3-5H,1-2H3. The Morgan fingerprint density at radius 3 is 2.50 bits per heavy atom. The predicted molar refractivity (Wildman–Crippen MR) is 63.5 cm³/mol. The molecule has 0 radical (unpaired) electrons. The SMILES string of the molecule is COC(=O)c1nc(-c2c(F)cccc2F)sc1C. The molecule has 0 aliphatic rings. The molecule has 0 aliphatic carbocycles. The number of thiazole rings is 1. The normalized spacial score (nSPS) is 10.4. The first-order valence-electron chi connectivity index (χ1n) is 5.04. The Morgan fingerprint density at radius 1 is 1.33 bits per heavy atom. The summed E-state index contributed by atoms with van der Waals surface area (Å²) in [6, 6.07) is 3.57. The summed E-state index contributed by atoms with van der Waals surface area (Å²) >= 11 is 1.05. The number of aromatic nitrogens is 1. The van der Waals surface area contributed by atoms with Crippen molar-refractivity contribution in [2.45, 2.75) is 6.92 Å². The van der Waals surface area contributed by atoms with Crippen LogP contribution in [0.2, 0.25) is 0 Å². The number of nitrogens with zero attached hydrogens (tertiary/aromatic N) is 1. The molecule has 0 bridgehead atoms. The van der Waals surface area contributed by atoms with Crippen molar-refractivity contribution in [1.29, 1.82) is 0 Å². The maximum Gasteiger partial charge on any atom is 0.357 e. The summed E-state index contributed by atoms with van der Waals surface area (Å²) in [7, 11) is 1.23. The van der Waals surface area contributed by atoms with E-state index in [1.54, 1.807) is 6.92 Å². The van der Waals surface area contributed by atoms with Crippen molar-refractivity contribution in [3.8, 4) is 10.6 Å². The molecule has 0 spiro atoms.